The molecule has 0 bridgehead atoms. The zero-order valence-corrected chi connectivity index (χ0v) is 11.3. The van der Waals surface area contributed by atoms with Gasteiger partial charge in [0.2, 0.25) is 0 Å². The number of ether oxygens (including phenoxy) is 1. The van der Waals surface area contributed by atoms with Crippen molar-refractivity contribution in [3.05, 3.63) is 35.9 Å². The average molecular weight is 322 g/mol. The van der Waals surface area contributed by atoms with Crippen molar-refractivity contribution in [2.75, 3.05) is 6.61 Å². The van der Waals surface area contributed by atoms with Crippen LogP contribution in [0, 0.1) is 0 Å². The maximum atomic E-state index is 5.69. The van der Waals surface area contributed by atoms with Crippen LogP contribution in [0.1, 0.15) is 24.2 Å². The molecule has 0 unspecified atom stereocenters. The minimum absolute atomic E-state index is 0.0260. The third-order valence-electron chi connectivity index (χ3n) is 2.21. The van der Waals surface area contributed by atoms with Crippen molar-refractivity contribution in [2.24, 2.45) is 0 Å². The molecule has 1 aliphatic rings. The molecule has 76 valence electrons. The number of hydrogen-bond donors (Lipinski definition) is 0. The van der Waals surface area contributed by atoms with Crippen LogP contribution in [0.3, 0.4) is 0 Å². The van der Waals surface area contributed by atoms with E-state index in [-0.39, 0.29) is 19.5 Å². The van der Waals surface area contributed by atoms with Crippen LogP contribution in [0.2, 0.25) is 0 Å². The first kappa shape index (κ1) is 10.8. The van der Waals surface area contributed by atoms with Gasteiger partial charge in [-0.25, -0.2) is 0 Å². The fraction of sp³-hybridized carbons (Fsp3) is 0.455. The Morgan fingerprint density at radius 1 is 1.43 bits per heavy atom. The summed E-state index contributed by atoms with van der Waals surface area (Å²) in [5.74, 6) is 0. The summed E-state index contributed by atoms with van der Waals surface area (Å²) in [7, 11) is 2.15. The monoisotopic (exact) mass is 324 g/mol. The van der Waals surface area contributed by atoms with Crippen molar-refractivity contribution in [3.8, 4) is 0 Å². The predicted octanol–water partition coefficient (Wildman–Crippen LogP) is 2.85. The van der Waals surface area contributed by atoms with Gasteiger partial charge in [0.25, 0.3) is 0 Å². The molecule has 1 nitrogen and oxygen atoms in total. The molecular weight excluding hydrogens is 308 g/mol. The molecule has 0 radical (unpaired) electrons. The van der Waals surface area contributed by atoms with E-state index in [4.69, 9.17) is 4.74 Å². The van der Waals surface area contributed by atoms with Crippen LogP contribution in [0.5, 0.6) is 0 Å². The van der Waals surface area contributed by atoms with E-state index in [0.29, 0.717) is 9.40 Å². The zero-order valence-electron chi connectivity index (χ0n) is 8.18. The average Bonchev–Trinajstić information content (AvgIpc) is 2.68. The summed E-state index contributed by atoms with van der Waals surface area (Å²) in [4.78, 5) is 0. The van der Waals surface area contributed by atoms with Crippen LogP contribution in [0.4, 0.5) is 0 Å². The SMILES string of the molecule is CCO[C@H]1C[C@H](c2ccccc2)S[Te]1. The second-order valence-electron chi connectivity index (χ2n) is 3.21. The first-order valence-electron chi connectivity index (χ1n) is 4.89. The zero-order chi connectivity index (χ0) is 9.80. The standard InChI is InChI=1S/C11H14OSTe/c1-2-12-11-8-10(13-14-11)9-6-4-3-5-7-9/h3-7,10-11H,2,8H2,1H3/t10-,11-/m1/s1. The number of rotatable bonds is 3. The molecule has 1 fully saturated rings. The molecule has 3 heteroatoms. The van der Waals surface area contributed by atoms with E-state index >= 15 is 0 Å². The van der Waals surface area contributed by atoms with Crippen LogP contribution in [-0.4, -0.2) is 30.3 Å². The Morgan fingerprint density at radius 2 is 2.21 bits per heavy atom. The molecule has 0 N–H and O–H groups in total. The van der Waals surface area contributed by atoms with E-state index in [1.807, 2.05) is 0 Å². The molecule has 2 rings (SSSR count). The van der Waals surface area contributed by atoms with Gasteiger partial charge in [-0.15, -0.1) is 0 Å². The Balaban J connectivity index is 1.96. The Hall–Kier alpha value is 0.320. The third kappa shape index (κ3) is 2.67. The van der Waals surface area contributed by atoms with Crippen molar-refractivity contribution in [1.29, 1.82) is 0 Å². The first-order valence-corrected chi connectivity index (χ1v) is 9.89. The molecule has 0 saturated carbocycles. The van der Waals surface area contributed by atoms with E-state index in [9.17, 15) is 0 Å². The summed E-state index contributed by atoms with van der Waals surface area (Å²) >= 11 is 0.0260. The van der Waals surface area contributed by atoms with Crippen molar-refractivity contribution in [2.45, 2.75) is 22.7 Å². The van der Waals surface area contributed by atoms with Gasteiger partial charge in [0, 0.05) is 0 Å². The molecule has 1 heterocycles. The van der Waals surface area contributed by atoms with Crippen molar-refractivity contribution < 1.29 is 4.74 Å². The quantitative estimate of drug-likeness (QED) is 0.792. The summed E-state index contributed by atoms with van der Waals surface area (Å²) in [6, 6.07) is 10.8. The van der Waals surface area contributed by atoms with E-state index in [0.717, 1.165) is 6.61 Å². The molecule has 1 saturated heterocycles. The first-order chi connectivity index (χ1) is 6.90. The second-order valence-corrected chi connectivity index (χ2v) is 8.96. The van der Waals surface area contributed by atoms with E-state index in [1.165, 1.54) is 12.0 Å². The molecule has 2 atom stereocenters. The summed E-state index contributed by atoms with van der Waals surface area (Å²) in [6.07, 6.45) is 1.23. The second kappa shape index (κ2) is 5.42. The maximum absolute atomic E-state index is 5.69. The predicted molar refractivity (Wildman–Crippen MR) is 62.6 cm³/mol. The molecular formula is C11H14OSTe. The van der Waals surface area contributed by atoms with Gasteiger partial charge in [-0.2, -0.15) is 0 Å². The van der Waals surface area contributed by atoms with Gasteiger partial charge in [-0.05, 0) is 0 Å². The number of hydrogen-bond acceptors (Lipinski definition) is 2. The number of benzene rings is 1. The van der Waals surface area contributed by atoms with E-state index in [2.05, 4.69) is 46.2 Å². The van der Waals surface area contributed by atoms with Crippen LogP contribution in [0.15, 0.2) is 30.3 Å². The van der Waals surface area contributed by atoms with Gasteiger partial charge in [-0.1, -0.05) is 0 Å². The van der Waals surface area contributed by atoms with Crippen LogP contribution >= 0.6 is 8.99 Å². The molecule has 1 aromatic carbocycles. The summed E-state index contributed by atoms with van der Waals surface area (Å²) < 4.78 is 6.29. The molecule has 0 aromatic heterocycles. The van der Waals surface area contributed by atoms with Gasteiger partial charge in [0.1, 0.15) is 0 Å². The van der Waals surface area contributed by atoms with Gasteiger partial charge < -0.3 is 0 Å². The normalized spacial score (nSPS) is 26.6. The van der Waals surface area contributed by atoms with E-state index in [1.54, 1.807) is 0 Å². The summed E-state index contributed by atoms with van der Waals surface area (Å²) in [6.45, 7) is 2.96. The Bertz CT molecular complexity index is 278. The fourth-order valence-electron chi connectivity index (χ4n) is 1.52. The molecule has 0 aliphatic carbocycles. The van der Waals surface area contributed by atoms with Crippen molar-refractivity contribution >= 4 is 28.5 Å². The van der Waals surface area contributed by atoms with Gasteiger partial charge in [-0.3, -0.25) is 0 Å². The fourth-order valence-corrected chi connectivity index (χ4v) is 8.74. The Labute approximate surface area is 98.2 Å². The topological polar surface area (TPSA) is 9.23 Å². The third-order valence-corrected chi connectivity index (χ3v) is 8.95. The molecule has 1 aromatic rings. The summed E-state index contributed by atoms with van der Waals surface area (Å²) in [5.41, 5.74) is 1.48. The molecule has 0 amide bonds. The molecule has 14 heavy (non-hydrogen) atoms. The Kier molecular flexibility index (Phi) is 4.19. The van der Waals surface area contributed by atoms with Crippen molar-refractivity contribution in [1.82, 2.24) is 0 Å². The van der Waals surface area contributed by atoms with Gasteiger partial charge in [0.05, 0.1) is 0 Å². The van der Waals surface area contributed by atoms with Crippen LogP contribution < -0.4 is 0 Å². The minimum atomic E-state index is 0.0260. The molecule has 1 aliphatic heterocycles. The molecule has 0 spiro atoms. The summed E-state index contributed by atoms with van der Waals surface area (Å²) in [5, 5.41) is 0.704. The van der Waals surface area contributed by atoms with Gasteiger partial charge in [0.15, 0.2) is 0 Å². The van der Waals surface area contributed by atoms with Gasteiger partial charge >= 0.3 is 98.5 Å². The Morgan fingerprint density at radius 3 is 2.93 bits per heavy atom. The van der Waals surface area contributed by atoms with Crippen LogP contribution in [0.25, 0.3) is 0 Å². The van der Waals surface area contributed by atoms with E-state index < -0.39 is 0 Å². The van der Waals surface area contributed by atoms with Crippen LogP contribution in [-0.2, 0) is 4.74 Å². The van der Waals surface area contributed by atoms with Crippen molar-refractivity contribution in [3.63, 3.8) is 0 Å².